The molecule has 0 radical (unpaired) electrons. The van der Waals surface area contributed by atoms with Gasteiger partial charge in [0.15, 0.2) is 0 Å². The maximum atomic E-state index is 5.23. The second-order valence-corrected chi connectivity index (χ2v) is 4.94. The normalized spacial score (nSPS) is 17.4. The summed E-state index contributed by atoms with van der Waals surface area (Å²) in [4.78, 5) is 6.54. The number of hydrogen-bond acceptors (Lipinski definition) is 3. The highest BCUT2D eigenvalue weighted by Gasteiger charge is 2.17. The fourth-order valence-corrected chi connectivity index (χ4v) is 2.58. The van der Waals surface area contributed by atoms with E-state index in [4.69, 9.17) is 11.9 Å². The minimum absolute atomic E-state index is 0.454. The molecule has 94 valence electrons. The van der Waals surface area contributed by atoms with Gasteiger partial charge in [-0.05, 0) is 25.5 Å². The minimum atomic E-state index is 0.454. The van der Waals surface area contributed by atoms with Crippen LogP contribution in [0.5, 0.6) is 5.88 Å². The molecule has 0 unspecified atom stereocenters. The average Bonchev–Trinajstić information content (AvgIpc) is 2.40. The highest BCUT2D eigenvalue weighted by atomic mass is 35.5. The first-order valence-electron chi connectivity index (χ1n) is 6.23. The van der Waals surface area contributed by atoms with Gasteiger partial charge in [-0.25, -0.2) is 4.98 Å². The zero-order valence-electron chi connectivity index (χ0n) is 10.2. The third kappa shape index (κ3) is 3.58. The number of aromatic nitrogens is 1. The molecule has 1 heterocycles. The zero-order chi connectivity index (χ0) is 12.1. The van der Waals surface area contributed by atoms with E-state index in [1.807, 2.05) is 12.3 Å². The topological polar surface area (TPSA) is 25.4 Å². The number of hydrogen-bond donors (Lipinski definition) is 0. The first kappa shape index (κ1) is 12.7. The summed E-state index contributed by atoms with van der Waals surface area (Å²) >= 11 is 5.23. The minimum Gasteiger partial charge on any atom is -0.365 e. The molecule has 1 saturated carbocycles. The predicted molar refractivity (Wildman–Crippen MR) is 69.1 cm³/mol. The molecule has 2 rings (SSSR count). The second kappa shape index (κ2) is 6.22. The summed E-state index contributed by atoms with van der Waals surface area (Å²) in [6.45, 7) is 0.945. The first-order valence-corrected chi connectivity index (χ1v) is 6.54. The van der Waals surface area contributed by atoms with Crippen LogP contribution in [0.15, 0.2) is 18.3 Å². The van der Waals surface area contributed by atoms with Crippen LogP contribution in [0.4, 0.5) is 0 Å². The molecule has 0 atom stereocenters. The third-order valence-electron chi connectivity index (χ3n) is 3.51. The van der Waals surface area contributed by atoms with Crippen molar-refractivity contribution in [2.75, 3.05) is 7.05 Å². The predicted octanol–water partition coefficient (Wildman–Crippen LogP) is 3.38. The van der Waals surface area contributed by atoms with Gasteiger partial charge in [-0.3, -0.25) is 4.90 Å². The molecule has 0 saturated heterocycles. The molecule has 4 heteroatoms. The van der Waals surface area contributed by atoms with Gasteiger partial charge in [0, 0.05) is 24.8 Å². The Kier molecular flexibility index (Phi) is 4.63. The number of rotatable bonds is 4. The lowest BCUT2D eigenvalue weighted by atomic mass is 9.94. The monoisotopic (exact) mass is 254 g/mol. The molecular weight excluding hydrogens is 236 g/mol. The SMILES string of the molecule is CN(Cc1ccc(OCl)nc1)C1CCCCC1. The van der Waals surface area contributed by atoms with E-state index < -0.39 is 0 Å². The average molecular weight is 255 g/mol. The number of pyridine rings is 1. The summed E-state index contributed by atoms with van der Waals surface area (Å²) in [5.74, 6) is 0.454. The lowest BCUT2D eigenvalue weighted by molar-refractivity contribution is 0.184. The van der Waals surface area contributed by atoms with Crippen LogP contribution < -0.4 is 4.29 Å². The van der Waals surface area contributed by atoms with Crippen LogP contribution in [0.1, 0.15) is 37.7 Å². The maximum absolute atomic E-state index is 5.23. The van der Waals surface area contributed by atoms with Crippen molar-refractivity contribution in [3.8, 4) is 5.88 Å². The third-order valence-corrected chi connectivity index (χ3v) is 3.66. The van der Waals surface area contributed by atoms with Crippen LogP contribution in [-0.4, -0.2) is 23.0 Å². The van der Waals surface area contributed by atoms with Crippen molar-refractivity contribution in [2.24, 2.45) is 0 Å². The summed E-state index contributed by atoms with van der Waals surface area (Å²) < 4.78 is 4.54. The van der Waals surface area contributed by atoms with Gasteiger partial charge in [0.25, 0.3) is 0 Å². The van der Waals surface area contributed by atoms with Gasteiger partial charge >= 0.3 is 0 Å². The molecule has 0 aliphatic heterocycles. The van der Waals surface area contributed by atoms with Crippen LogP contribution in [0, 0.1) is 0 Å². The molecule has 17 heavy (non-hydrogen) atoms. The molecule has 3 nitrogen and oxygen atoms in total. The Morgan fingerprint density at radius 1 is 1.35 bits per heavy atom. The number of nitrogens with zero attached hydrogens (tertiary/aromatic N) is 2. The van der Waals surface area contributed by atoms with E-state index in [0.717, 1.165) is 12.6 Å². The van der Waals surface area contributed by atoms with Gasteiger partial charge in [0.05, 0.1) is 0 Å². The van der Waals surface area contributed by atoms with E-state index in [0.29, 0.717) is 5.88 Å². The Morgan fingerprint density at radius 2 is 2.12 bits per heavy atom. The Hall–Kier alpha value is -0.800. The maximum Gasteiger partial charge on any atom is 0.236 e. The second-order valence-electron chi connectivity index (χ2n) is 4.79. The molecule has 1 aromatic rings. The molecule has 1 aliphatic carbocycles. The van der Waals surface area contributed by atoms with E-state index in [9.17, 15) is 0 Å². The molecule has 1 fully saturated rings. The van der Waals surface area contributed by atoms with E-state index >= 15 is 0 Å². The zero-order valence-corrected chi connectivity index (χ0v) is 11.0. The summed E-state index contributed by atoms with van der Waals surface area (Å²) in [5.41, 5.74) is 1.20. The Morgan fingerprint density at radius 3 is 2.71 bits per heavy atom. The van der Waals surface area contributed by atoms with Crippen molar-refractivity contribution in [1.29, 1.82) is 0 Å². The molecule has 0 spiro atoms. The van der Waals surface area contributed by atoms with Crippen molar-refractivity contribution in [3.63, 3.8) is 0 Å². The Labute approximate surface area is 108 Å². The molecule has 0 aromatic carbocycles. The van der Waals surface area contributed by atoms with Crippen LogP contribution in [-0.2, 0) is 6.54 Å². The lowest BCUT2D eigenvalue weighted by Crippen LogP contribution is -2.32. The van der Waals surface area contributed by atoms with Crippen LogP contribution in [0.25, 0.3) is 0 Å². The van der Waals surface area contributed by atoms with E-state index in [2.05, 4.69) is 21.2 Å². The fraction of sp³-hybridized carbons (Fsp3) is 0.615. The quantitative estimate of drug-likeness (QED) is 0.824. The summed E-state index contributed by atoms with van der Waals surface area (Å²) in [5, 5.41) is 0. The van der Waals surface area contributed by atoms with Crippen molar-refractivity contribution in [3.05, 3.63) is 23.9 Å². The van der Waals surface area contributed by atoms with Crippen molar-refractivity contribution in [1.82, 2.24) is 9.88 Å². The van der Waals surface area contributed by atoms with E-state index in [1.54, 1.807) is 6.07 Å². The van der Waals surface area contributed by atoms with Crippen molar-refractivity contribution >= 4 is 11.9 Å². The summed E-state index contributed by atoms with van der Waals surface area (Å²) in [7, 11) is 2.20. The number of halogens is 1. The van der Waals surface area contributed by atoms with Crippen molar-refractivity contribution < 1.29 is 4.29 Å². The molecular formula is C13H19ClN2O. The van der Waals surface area contributed by atoms with Gasteiger partial charge in [-0.15, -0.1) is 0 Å². The van der Waals surface area contributed by atoms with Crippen molar-refractivity contribution in [2.45, 2.75) is 44.7 Å². The first-order chi connectivity index (χ1) is 8.29. The molecule has 0 bridgehead atoms. The largest absolute Gasteiger partial charge is 0.365 e. The Bertz CT molecular complexity index is 336. The van der Waals surface area contributed by atoms with Gasteiger partial charge in [-0.2, -0.15) is 0 Å². The van der Waals surface area contributed by atoms with Gasteiger partial charge < -0.3 is 4.29 Å². The van der Waals surface area contributed by atoms with Crippen LogP contribution in [0.2, 0.25) is 0 Å². The summed E-state index contributed by atoms with van der Waals surface area (Å²) in [6, 6.07) is 4.55. The van der Waals surface area contributed by atoms with Crippen LogP contribution >= 0.6 is 11.9 Å². The highest BCUT2D eigenvalue weighted by molar-refractivity contribution is 6.08. The molecule has 1 aromatic heterocycles. The fourth-order valence-electron chi connectivity index (χ4n) is 2.49. The lowest BCUT2D eigenvalue weighted by Gasteiger charge is -2.31. The molecule has 0 N–H and O–H groups in total. The molecule has 1 aliphatic rings. The molecule has 0 amide bonds. The van der Waals surface area contributed by atoms with Gasteiger partial charge in [0.1, 0.15) is 11.9 Å². The highest BCUT2D eigenvalue weighted by Crippen LogP contribution is 2.22. The van der Waals surface area contributed by atoms with Gasteiger partial charge in [0.2, 0.25) is 5.88 Å². The summed E-state index contributed by atoms with van der Waals surface area (Å²) in [6.07, 6.45) is 8.61. The van der Waals surface area contributed by atoms with E-state index in [-0.39, 0.29) is 0 Å². The smallest absolute Gasteiger partial charge is 0.236 e. The van der Waals surface area contributed by atoms with Gasteiger partial charge in [-0.1, -0.05) is 25.3 Å². The van der Waals surface area contributed by atoms with E-state index in [1.165, 1.54) is 37.7 Å². The Balaban J connectivity index is 1.89. The van der Waals surface area contributed by atoms with Crippen LogP contribution in [0.3, 0.4) is 0 Å². The standard InChI is InChI=1S/C13H19ClN2O/c1-16(12-5-3-2-4-6-12)10-11-7-8-13(17-14)15-9-11/h7-9,12H,2-6,10H2,1H3.